The van der Waals surface area contributed by atoms with Gasteiger partial charge in [0, 0.05) is 29.9 Å². The molecule has 3 nitrogen and oxygen atoms in total. The summed E-state index contributed by atoms with van der Waals surface area (Å²) in [5, 5.41) is 4.59. The fourth-order valence-electron chi connectivity index (χ4n) is 3.87. The molecular weight excluding hydrogens is 308 g/mol. The van der Waals surface area contributed by atoms with Gasteiger partial charge in [0.2, 0.25) is 0 Å². The first-order chi connectivity index (χ1) is 12.0. The molecule has 0 fully saturated rings. The molecule has 0 aliphatic carbocycles. The Labute approximate surface area is 149 Å². The first-order valence-electron chi connectivity index (χ1n) is 8.96. The Balaban J connectivity index is 1.78. The van der Waals surface area contributed by atoms with Crippen molar-refractivity contribution in [2.45, 2.75) is 31.8 Å². The molecule has 0 spiro atoms. The van der Waals surface area contributed by atoms with Crippen LogP contribution in [0.5, 0.6) is 0 Å². The summed E-state index contributed by atoms with van der Waals surface area (Å²) in [4.78, 5) is 2.42. The maximum absolute atomic E-state index is 5.50. The lowest BCUT2D eigenvalue weighted by Crippen LogP contribution is -2.35. The number of rotatable bonds is 3. The standard InChI is InChI=1S/C22H26N2O/c1-22(2,23-3)18-6-7-19-17(12-18)13-24(4)14-20(19)15-5-8-21-16(11-15)9-10-25-21/h5-12,20,23H,13-14H2,1-4H3. The number of fused-ring (bicyclic) bond motifs is 2. The Bertz CT molecular complexity index is 909. The lowest BCUT2D eigenvalue weighted by molar-refractivity contribution is 0.294. The van der Waals surface area contributed by atoms with Crippen molar-refractivity contribution in [1.82, 2.24) is 10.2 Å². The Hall–Kier alpha value is -2.10. The number of hydrogen-bond acceptors (Lipinski definition) is 3. The fourth-order valence-corrected chi connectivity index (χ4v) is 3.87. The molecule has 0 saturated carbocycles. The van der Waals surface area contributed by atoms with Gasteiger partial charge in [0.25, 0.3) is 0 Å². The second-order valence-corrected chi connectivity index (χ2v) is 7.76. The molecule has 0 amide bonds. The third kappa shape index (κ3) is 2.88. The minimum absolute atomic E-state index is 0.0176. The summed E-state index contributed by atoms with van der Waals surface area (Å²) in [5.74, 6) is 0.403. The summed E-state index contributed by atoms with van der Waals surface area (Å²) in [6.45, 7) is 6.51. The second-order valence-electron chi connectivity index (χ2n) is 7.76. The zero-order chi connectivity index (χ0) is 17.6. The third-order valence-corrected chi connectivity index (χ3v) is 5.68. The van der Waals surface area contributed by atoms with Crippen LogP contribution in [0.1, 0.15) is 42.0 Å². The van der Waals surface area contributed by atoms with Crippen LogP contribution in [0.3, 0.4) is 0 Å². The number of likely N-dealkylation sites (N-methyl/N-ethyl adjacent to an activating group) is 1. The minimum Gasteiger partial charge on any atom is -0.464 e. The van der Waals surface area contributed by atoms with Gasteiger partial charge in [-0.3, -0.25) is 0 Å². The van der Waals surface area contributed by atoms with Crippen LogP contribution in [0.15, 0.2) is 53.1 Å². The van der Waals surface area contributed by atoms with E-state index in [4.69, 9.17) is 4.42 Å². The molecule has 3 aromatic rings. The Kier molecular flexibility index (Phi) is 3.94. The van der Waals surface area contributed by atoms with Crippen molar-refractivity contribution in [3.05, 3.63) is 71.0 Å². The van der Waals surface area contributed by atoms with Crippen molar-refractivity contribution in [3.8, 4) is 0 Å². The van der Waals surface area contributed by atoms with Gasteiger partial charge in [-0.05, 0) is 68.4 Å². The van der Waals surface area contributed by atoms with Crippen LogP contribution in [0.2, 0.25) is 0 Å². The molecule has 2 aromatic carbocycles. The van der Waals surface area contributed by atoms with E-state index < -0.39 is 0 Å². The van der Waals surface area contributed by atoms with Crippen molar-refractivity contribution < 1.29 is 4.42 Å². The van der Waals surface area contributed by atoms with Gasteiger partial charge in [0.1, 0.15) is 5.58 Å². The van der Waals surface area contributed by atoms with Crippen LogP contribution in [0.4, 0.5) is 0 Å². The van der Waals surface area contributed by atoms with Crippen LogP contribution in [0.25, 0.3) is 11.0 Å². The summed E-state index contributed by atoms with van der Waals surface area (Å²) in [7, 11) is 4.23. The number of hydrogen-bond donors (Lipinski definition) is 1. The second kappa shape index (κ2) is 6.01. The third-order valence-electron chi connectivity index (χ3n) is 5.68. The quantitative estimate of drug-likeness (QED) is 0.766. The van der Waals surface area contributed by atoms with Crippen molar-refractivity contribution in [3.63, 3.8) is 0 Å². The smallest absolute Gasteiger partial charge is 0.133 e. The lowest BCUT2D eigenvalue weighted by atomic mass is 9.82. The summed E-state index contributed by atoms with van der Waals surface area (Å²) in [6, 6.07) is 15.6. The molecule has 1 aliphatic heterocycles. The zero-order valence-corrected chi connectivity index (χ0v) is 15.5. The van der Waals surface area contributed by atoms with E-state index in [9.17, 15) is 0 Å². The molecule has 1 N–H and O–H groups in total. The average Bonchev–Trinajstić information content (AvgIpc) is 3.08. The van der Waals surface area contributed by atoms with E-state index >= 15 is 0 Å². The van der Waals surface area contributed by atoms with E-state index in [0.717, 1.165) is 18.7 Å². The van der Waals surface area contributed by atoms with Crippen molar-refractivity contribution in [1.29, 1.82) is 0 Å². The average molecular weight is 334 g/mol. The molecule has 4 rings (SSSR count). The van der Waals surface area contributed by atoms with Crippen molar-refractivity contribution >= 4 is 11.0 Å². The van der Waals surface area contributed by atoms with Gasteiger partial charge in [-0.1, -0.05) is 24.3 Å². The number of furan rings is 1. The van der Waals surface area contributed by atoms with Crippen LogP contribution in [0, 0.1) is 0 Å². The van der Waals surface area contributed by atoms with E-state index in [2.05, 4.69) is 67.5 Å². The number of nitrogens with one attached hydrogen (secondary N) is 1. The normalized spacial score (nSPS) is 18.5. The summed E-state index contributed by atoms with van der Waals surface area (Å²) in [6.07, 6.45) is 1.77. The largest absolute Gasteiger partial charge is 0.464 e. The Morgan fingerprint density at radius 1 is 1.12 bits per heavy atom. The lowest BCUT2D eigenvalue weighted by Gasteiger charge is -2.34. The summed E-state index contributed by atoms with van der Waals surface area (Å²) < 4.78 is 5.50. The molecule has 2 heterocycles. The molecule has 0 bridgehead atoms. The molecular formula is C22H26N2O. The number of nitrogens with zero attached hydrogens (tertiary/aromatic N) is 1. The van der Waals surface area contributed by atoms with Gasteiger partial charge in [0.15, 0.2) is 0 Å². The highest BCUT2D eigenvalue weighted by Crippen LogP contribution is 2.36. The molecule has 3 heteroatoms. The molecule has 25 heavy (non-hydrogen) atoms. The fraction of sp³-hybridized carbons (Fsp3) is 0.364. The van der Waals surface area contributed by atoms with Gasteiger partial charge in [-0.2, -0.15) is 0 Å². The molecule has 1 aromatic heterocycles. The van der Waals surface area contributed by atoms with Gasteiger partial charge in [-0.25, -0.2) is 0 Å². The monoisotopic (exact) mass is 334 g/mol. The topological polar surface area (TPSA) is 28.4 Å². The van der Waals surface area contributed by atoms with Crippen LogP contribution >= 0.6 is 0 Å². The van der Waals surface area contributed by atoms with Gasteiger partial charge in [-0.15, -0.1) is 0 Å². The van der Waals surface area contributed by atoms with Gasteiger partial charge >= 0.3 is 0 Å². The highest BCUT2D eigenvalue weighted by atomic mass is 16.3. The summed E-state index contributed by atoms with van der Waals surface area (Å²) >= 11 is 0. The van der Waals surface area contributed by atoms with Crippen LogP contribution in [-0.2, 0) is 12.1 Å². The number of benzene rings is 2. The SMILES string of the molecule is CNC(C)(C)c1ccc2c(c1)CN(C)CC2c1ccc2occc2c1. The summed E-state index contributed by atoms with van der Waals surface area (Å²) in [5.41, 5.74) is 6.54. The first-order valence-corrected chi connectivity index (χ1v) is 8.96. The van der Waals surface area contributed by atoms with E-state index in [1.165, 1.54) is 27.6 Å². The van der Waals surface area contributed by atoms with Gasteiger partial charge in [0.05, 0.1) is 6.26 Å². The van der Waals surface area contributed by atoms with Crippen LogP contribution in [-0.4, -0.2) is 25.5 Å². The predicted octanol–water partition coefficient (Wildman–Crippen LogP) is 4.46. The molecule has 0 saturated heterocycles. The maximum atomic E-state index is 5.50. The first kappa shape index (κ1) is 16.4. The van der Waals surface area contributed by atoms with Gasteiger partial charge < -0.3 is 14.6 Å². The molecule has 1 atom stereocenters. The highest BCUT2D eigenvalue weighted by Gasteiger charge is 2.27. The molecule has 1 aliphatic rings. The van der Waals surface area contributed by atoms with Crippen LogP contribution < -0.4 is 5.32 Å². The molecule has 1 unspecified atom stereocenters. The molecule has 130 valence electrons. The predicted molar refractivity (Wildman–Crippen MR) is 103 cm³/mol. The minimum atomic E-state index is -0.0176. The maximum Gasteiger partial charge on any atom is 0.133 e. The zero-order valence-electron chi connectivity index (χ0n) is 15.5. The Morgan fingerprint density at radius 3 is 2.76 bits per heavy atom. The molecule has 0 radical (unpaired) electrons. The van der Waals surface area contributed by atoms with E-state index in [0.29, 0.717) is 5.92 Å². The van der Waals surface area contributed by atoms with E-state index in [-0.39, 0.29) is 5.54 Å². The highest BCUT2D eigenvalue weighted by molar-refractivity contribution is 5.78. The van der Waals surface area contributed by atoms with Crippen molar-refractivity contribution in [2.75, 3.05) is 20.6 Å². The van der Waals surface area contributed by atoms with E-state index in [1.54, 1.807) is 6.26 Å². The van der Waals surface area contributed by atoms with Crippen molar-refractivity contribution in [2.24, 2.45) is 0 Å². The Morgan fingerprint density at radius 2 is 1.96 bits per heavy atom. The van der Waals surface area contributed by atoms with E-state index in [1.807, 2.05) is 13.1 Å².